The third kappa shape index (κ3) is 2.73. The number of aliphatic carboxylic acids is 1. The Morgan fingerprint density at radius 3 is 2.75 bits per heavy atom. The van der Waals surface area contributed by atoms with Crippen LogP contribution in [0.2, 0.25) is 0 Å². The number of carboxylic acids is 1. The molecule has 1 heterocycles. The quantitative estimate of drug-likeness (QED) is 0.791. The van der Waals surface area contributed by atoms with E-state index in [0.29, 0.717) is 18.8 Å². The third-order valence-corrected chi connectivity index (χ3v) is 3.55. The molecule has 0 radical (unpaired) electrons. The van der Waals surface area contributed by atoms with Crippen LogP contribution in [0.25, 0.3) is 0 Å². The number of hydrogen-bond donors (Lipinski definition) is 1. The van der Waals surface area contributed by atoms with Crippen molar-refractivity contribution in [3.8, 4) is 6.07 Å². The van der Waals surface area contributed by atoms with Crippen LogP contribution >= 0.6 is 0 Å². The molecule has 1 aliphatic rings. The number of piperidine rings is 1. The molecule has 0 saturated carbocycles. The number of likely N-dealkylation sites (tertiary alicyclic amines) is 1. The second kappa shape index (κ2) is 5.86. The van der Waals surface area contributed by atoms with Gasteiger partial charge in [-0.25, -0.2) is 0 Å². The van der Waals surface area contributed by atoms with Gasteiger partial charge in [0.1, 0.15) is 6.04 Å². The van der Waals surface area contributed by atoms with Gasteiger partial charge in [0.15, 0.2) is 0 Å². The van der Waals surface area contributed by atoms with E-state index < -0.39 is 12.0 Å². The average molecular weight is 224 g/mol. The zero-order valence-electron chi connectivity index (χ0n) is 10.0. The molecule has 0 aromatic carbocycles. The first-order valence-corrected chi connectivity index (χ1v) is 6.02. The number of carboxylic acid groups (broad SMARTS) is 1. The van der Waals surface area contributed by atoms with Gasteiger partial charge in [0, 0.05) is 6.54 Å². The molecule has 0 amide bonds. The third-order valence-electron chi connectivity index (χ3n) is 3.55. The van der Waals surface area contributed by atoms with Crippen molar-refractivity contribution in [2.75, 3.05) is 6.54 Å². The van der Waals surface area contributed by atoms with Crippen LogP contribution in [0.1, 0.15) is 39.5 Å². The van der Waals surface area contributed by atoms with Crippen molar-refractivity contribution in [2.24, 2.45) is 5.92 Å². The number of nitriles is 1. The normalized spacial score (nSPS) is 28.3. The Labute approximate surface area is 96.9 Å². The van der Waals surface area contributed by atoms with E-state index in [1.807, 2.05) is 11.8 Å². The Balaban J connectivity index is 2.76. The van der Waals surface area contributed by atoms with Crippen molar-refractivity contribution in [2.45, 2.75) is 51.6 Å². The summed E-state index contributed by atoms with van der Waals surface area (Å²) in [6, 6.07) is 1.48. The summed E-state index contributed by atoms with van der Waals surface area (Å²) in [5, 5.41) is 18.2. The Morgan fingerprint density at radius 2 is 2.31 bits per heavy atom. The Morgan fingerprint density at radius 1 is 1.62 bits per heavy atom. The lowest BCUT2D eigenvalue weighted by molar-refractivity contribution is -0.146. The van der Waals surface area contributed by atoms with Gasteiger partial charge < -0.3 is 5.11 Å². The zero-order valence-corrected chi connectivity index (χ0v) is 10.0. The molecule has 1 fully saturated rings. The lowest BCUT2D eigenvalue weighted by atomic mass is 9.88. The summed E-state index contributed by atoms with van der Waals surface area (Å²) in [7, 11) is 0. The van der Waals surface area contributed by atoms with Crippen molar-refractivity contribution in [3.05, 3.63) is 0 Å². The highest BCUT2D eigenvalue weighted by molar-refractivity contribution is 5.73. The van der Waals surface area contributed by atoms with Crippen LogP contribution in [0.15, 0.2) is 0 Å². The topological polar surface area (TPSA) is 64.3 Å². The maximum atomic E-state index is 11.2. The standard InChI is InChI=1S/C12H20N2O2/c1-3-9-5-6-14(10(4-2)8-13)11(7-9)12(15)16/h9-11H,3-7H2,1-2H3,(H,15,16). The number of carbonyl (C=O) groups is 1. The van der Waals surface area contributed by atoms with Gasteiger partial charge in [0.05, 0.1) is 12.1 Å². The number of rotatable bonds is 4. The van der Waals surface area contributed by atoms with Crippen LogP contribution in [-0.4, -0.2) is 34.6 Å². The summed E-state index contributed by atoms with van der Waals surface area (Å²) in [6.45, 7) is 4.76. The molecule has 0 aromatic rings. The Kier molecular flexibility index (Phi) is 4.75. The summed E-state index contributed by atoms with van der Waals surface area (Å²) >= 11 is 0. The van der Waals surface area contributed by atoms with Crippen LogP contribution < -0.4 is 0 Å². The van der Waals surface area contributed by atoms with Crippen LogP contribution in [0, 0.1) is 17.2 Å². The van der Waals surface area contributed by atoms with Crippen molar-refractivity contribution in [1.82, 2.24) is 4.90 Å². The second-order valence-electron chi connectivity index (χ2n) is 4.44. The van der Waals surface area contributed by atoms with Gasteiger partial charge in [-0.2, -0.15) is 5.26 Å². The fourth-order valence-corrected chi connectivity index (χ4v) is 2.44. The minimum absolute atomic E-state index is 0.251. The van der Waals surface area contributed by atoms with Crippen molar-refractivity contribution < 1.29 is 9.90 Å². The van der Waals surface area contributed by atoms with E-state index >= 15 is 0 Å². The van der Waals surface area contributed by atoms with Gasteiger partial charge in [0.25, 0.3) is 0 Å². The lowest BCUT2D eigenvalue weighted by Gasteiger charge is -2.39. The largest absolute Gasteiger partial charge is 0.480 e. The summed E-state index contributed by atoms with van der Waals surface area (Å²) < 4.78 is 0. The minimum Gasteiger partial charge on any atom is -0.480 e. The molecular formula is C12H20N2O2. The predicted molar refractivity (Wildman–Crippen MR) is 60.8 cm³/mol. The molecule has 16 heavy (non-hydrogen) atoms. The molecule has 1 N–H and O–H groups in total. The smallest absolute Gasteiger partial charge is 0.320 e. The van der Waals surface area contributed by atoms with Crippen LogP contribution in [0.4, 0.5) is 0 Å². The SMILES string of the molecule is CCC1CCN(C(C#N)CC)C(C(=O)O)C1. The Hall–Kier alpha value is -1.08. The molecule has 1 saturated heterocycles. The molecule has 0 aliphatic carbocycles. The molecule has 1 aliphatic heterocycles. The maximum Gasteiger partial charge on any atom is 0.320 e. The van der Waals surface area contributed by atoms with Gasteiger partial charge in [0.2, 0.25) is 0 Å². The van der Waals surface area contributed by atoms with Gasteiger partial charge in [-0.15, -0.1) is 0 Å². The van der Waals surface area contributed by atoms with Crippen LogP contribution in [-0.2, 0) is 4.79 Å². The molecular weight excluding hydrogens is 204 g/mol. The maximum absolute atomic E-state index is 11.2. The van der Waals surface area contributed by atoms with Gasteiger partial charge in [-0.05, 0) is 25.2 Å². The lowest BCUT2D eigenvalue weighted by Crippen LogP contribution is -2.51. The first-order chi connectivity index (χ1) is 7.63. The van der Waals surface area contributed by atoms with Crippen molar-refractivity contribution in [3.63, 3.8) is 0 Å². The van der Waals surface area contributed by atoms with E-state index in [0.717, 1.165) is 19.4 Å². The highest BCUT2D eigenvalue weighted by Crippen LogP contribution is 2.27. The summed E-state index contributed by atoms with van der Waals surface area (Å²) in [4.78, 5) is 13.1. The summed E-state index contributed by atoms with van der Waals surface area (Å²) in [5.41, 5.74) is 0. The van der Waals surface area contributed by atoms with Gasteiger partial charge in [-0.1, -0.05) is 20.3 Å². The highest BCUT2D eigenvalue weighted by atomic mass is 16.4. The predicted octanol–water partition coefficient (Wildman–Crippen LogP) is 1.86. The molecule has 3 unspecified atom stereocenters. The number of hydrogen-bond acceptors (Lipinski definition) is 3. The molecule has 0 spiro atoms. The monoisotopic (exact) mass is 224 g/mol. The van der Waals surface area contributed by atoms with E-state index in [1.165, 1.54) is 0 Å². The van der Waals surface area contributed by atoms with Gasteiger partial charge in [-0.3, -0.25) is 9.69 Å². The van der Waals surface area contributed by atoms with E-state index in [4.69, 9.17) is 5.26 Å². The molecule has 0 aromatic heterocycles. The molecule has 4 heteroatoms. The van der Waals surface area contributed by atoms with Crippen LogP contribution in [0.5, 0.6) is 0 Å². The van der Waals surface area contributed by atoms with Crippen molar-refractivity contribution in [1.29, 1.82) is 5.26 Å². The number of nitrogens with zero attached hydrogens (tertiary/aromatic N) is 2. The molecule has 4 nitrogen and oxygen atoms in total. The molecule has 1 rings (SSSR count). The van der Waals surface area contributed by atoms with Crippen LogP contribution in [0.3, 0.4) is 0 Å². The fourth-order valence-electron chi connectivity index (χ4n) is 2.44. The Bertz CT molecular complexity index is 285. The molecule has 90 valence electrons. The van der Waals surface area contributed by atoms with E-state index in [9.17, 15) is 9.90 Å². The van der Waals surface area contributed by atoms with E-state index in [-0.39, 0.29) is 6.04 Å². The first-order valence-electron chi connectivity index (χ1n) is 6.02. The first kappa shape index (κ1) is 13.0. The van der Waals surface area contributed by atoms with E-state index in [1.54, 1.807) is 0 Å². The van der Waals surface area contributed by atoms with Crippen molar-refractivity contribution >= 4 is 5.97 Å². The van der Waals surface area contributed by atoms with E-state index in [2.05, 4.69) is 13.0 Å². The summed E-state index contributed by atoms with van der Waals surface area (Å²) in [6.07, 6.45) is 3.42. The highest BCUT2D eigenvalue weighted by Gasteiger charge is 2.36. The second-order valence-corrected chi connectivity index (χ2v) is 4.44. The van der Waals surface area contributed by atoms with Gasteiger partial charge >= 0.3 is 5.97 Å². The molecule has 3 atom stereocenters. The fraction of sp³-hybridized carbons (Fsp3) is 0.833. The average Bonchev–Trinajstić information content (AvgIpc) is 2.30. The molecule has 0 bridgehead atoms. The summed E-state index contributed by atoms with van der Waals surface area (Å²) in [5.74, 6) is -0.291. The zero-order chi connectivity index (χ0) is 12.1. The minimum atomic E-state index is -0.785.